The van der Waals surface area contributed by atoms with E-state index in [0.717, 1.165) is 0 Å². The zero-order valence-electron chi connectivity index (χ0n) is 8.62. The van der Waals surface area contributed by atoms with Gasteiger partial charge in [0.1, 0.15) is 0 Å². The summed E-state index contributed by atoms with van der Waals surface area (Å²) in [6, 6.07) is 8.54. The van der Waals surface area contributed by atoms with Crippen LogP contribution in [0.2, 0.25) is 15.1 Å². The molecule has 0 spiro atoms. The van der Waals surface area contributed by atoms with Gasteiger partial charge in [0.25, 0.3) is 0 Å². The number of rotatable bonds is 2. The minimum absolute atomic E-state index is 0.217. The number of hydrogen-bond acceptors (Lipinski definition) is 2. The van der Waals surface area contributed by atoms with E-state index in [0.29, 0.717) is 32.0 Å². The summed E-state index contributed by atoms with van der Waals surface area (Å²) >= 11 is 17.9. The van der Waals surface area contributed by atoms with E-state index in [-0.39, 0.29) is 6.61 Å². The Hall–Kier alpha value is -0.800. The zero-order chi connectivity index (χ0) is 12.4. The van der Waals surface area contributed by atoms with Crippen molar-refractivity contribution in [3.8, 4) is 11.3 Å². The number of hydrogen-bond donors (Lipinski definition) is 1. The molecule has 0 atom stereocenters. The Kier molecular flexibility index (Phi) is 3.89. The number of benzene rings is 1. The highest BCUT2D eigenvalue weighted by Crippen LogP contribution is 2.30. The molecule has 0 aliphatic rings. The van der Waals surface area contributed by atoms with Crippen LogP contribution in [-0.2, 0) is 6.61 Å². The molecule has 88 valence electrons. The summed E-state index contributed by atoms with van der Waals surface area (Å²) in [5.74, 6) is 0. The standard InChI is InChI=1S/C12H8Cl3NO/c13-7-1-2-9(14)8(5-7)11-4-3-10(15)12(6-17)16-11/h1-5,17H,6H2. The van der Waals surface area contributed by atoms with Crippen molar-refractivity contribution < 1.29 is 5.11 Å². The molecular weight excluding hydrogens is 280 g/mol. The van der Waals surface area contributed by atoms with Crippen LogP contribution < -0.4 is 0 Å². The Morgan fingerprint density at radius 1 is 1.00 bits per heavy atom. The number of aromatic nitrogens is 1. The van der Waals surface area contributed by atoms with E-state index in [9.17, 15) is 0 Å². The molecule has 1 heterocycles. The van der Waals surface area contributed by atoms with Gasteiger partial charge in [-0.3, -0.25) is 0 Å². The molecule has 2 rings (SSSR count). The number of aliphatic hydroxyl groups excluding tert-OH is 1. The second-order valence-electron chi connectivity index (χ2n) is 3.41. The van der Waals surface area contributed by atoms with Crippen molar-refractivity contribution in [1.82, 2.24) is 4.98 Å². The normalized spacial score (nSPS) is 10.6. The van der Waals surface area contributed by atoms with Crippen molar-refractivity contribution in [3.63, 3.8) is 0 Å². The lowest BCUT2D eigenvalue weighted by Crippen LogP contribution is -1.93. The lowest BCUT2D eigenvalue weighted by atomic mass is 10.1. The minimum atomic E-state index is -0.217. The van der Waals surface area contributed by atoms with Gasteiger partial charge in [0.15, 0.2) is 0 Å². The molecule has 0 fully saturated rings. The summed E-state index contributed by atoms with van der Waals surface area (Å²) in [4.78, 5) is 4.24. The van der Waals surface area contributed by atoms with E-state index in [1.807, 2.05) is 0 Å². The number of aliphatic hydroxyl groups is 1. The molecule has 1 aromatic heterocycles. The fourth-order valence-corrected chi connectivity index (χ4v) is 1.99. The SMILES string of the molecule is OCc1nc(-c2cc(Cl)ccc2Cl)ccc1Cl. The highest BCUT2D eigenvalue weighted by Gasteiger charge is 2.08. The average molecular weight is 289 g/mol. The van der Waals surface area contributed by atoms with Gasteiger partial charge in [-0.05, 0) is 30.3 Å². The Labute approximate surface area is 114 Å². The van der Waals surface area contributed by atoms with Crippen molar-refractivity contribution in [3.05, 3.63) is 51.1 Å². The summed E-state index contributed by atoms with van der Waals surface area (Å²) in [7, 11) is 0. The Balaban J connectivity index is 2.56. The third-order valence-corrected chi connectivity index (χ3v) is 3.18. The first-order chi connectivity index (χ1) is 8.11. The molecule has 1 N–H and O–H groups in total. The van der Waals surface area contributed by atoms with Gasteiger partial charge in [-0.1, -0.05) is 34.8 Å². The highest BCUT2D eigenvalue weighted by molar-refractivity contribution is 6.35. The summed E-state index contributed by atoms with van der Waals surface area (Å²) in [5, 5.41) is 10.7. The first-order valence-electron chi connectivity index (χ1n) is 4.83. The van der Waals surface area contributed by atoms with Crippen LogP contribution in [0.15, 0.2) is 30.3 Å². The average Bonchev–Trinajstić information content (AvgIpc) is 2.33. The van der Waals surface area contributed by atoms with Crippen LogP contribution >= 0.6 is 34.8 Å². The maximum absolute atomic E-state index is 9.11. The van der Waals surface area contributed by atoms with Gasteiger partial charge in [-0.2, -0.15) is 0 Å². The van der Waals surface area contributed by atoms with E-state index in [4.69, 9.17) is 39.9 Å². The Morgan fingerprint density at radius 2 is 1.71 bits per heavy atom. The largest absolute Gasteiger partial charge is 0.390 e. The maximum Gasteiger partial charge on any atom is 0.0868 e. The van der Waals surface area contributed by atoms with Crippen molar-refractivity contribution in [2.24, 2.45) is 0 Å². The van der Waals surface area contributed by atoms with Crippen LogP contribution in [0, 0.1) is 0 Å². The fourth-order valence-electron chi connectivity index (χ4n) is 1.44. The zero-order valence-corrected chi connectivity index (χ0v) is 10.9. The van der Waals surface area contributed by atoms with E-state index in [1.165, 1.54) is 0 Å². The van der Waals surface area contributed by atoms with Gasteiger partial charge >= 0.3 is 0 Å². The van der Waals surface area contributed by atoms with Gasteiger partial charge in [-0.15, -0.1) is 0 Å². The number of pyridine rings is 1. The number of nitrogens with zero attached hydrogens (tertiary/aromatic N) is 1. The van der Waals surface area contributed by atoms with Crippen molar-refractivity contribution >= 4 is 34.8 Å². The molecule has 2 aromatic rings. The van der Waals surface area contributed by atoms with Crippen LogP contribution in [-0.4, -0.2) is 10.1 Å². The van der Waals surface area contributed by atoms with E-state index in [1.54, 1.807) is 30.3 Å². The molecule has 0 radical (unpaired) electrons. The van der Waals surface area contributed by atoms with Gasteiger partial charge in [0, 0.05) is 10.6 Å². The quantitative estimate of drug-likeness (QED) is 0.898. The predicted octanol–water partition coefficient (Wildman–Crippen LogP) is 4.20. The highest BCUT2D eigenvalue weighted by atomic mass is 35.5. The molecular formula is C12H8Cl3NO. The molecule has 0 saturated carbocycles. The van der Waals surface area contributed by atoms with Crippen LogP contribution in [0.3, 0.4) is 0 Å². The van der Waals surface area contributed by atoms with Crippen molar-refractivity contribution in [2.45, 2.75) is 6.61 Å². The first-order valence-corrected chi connectivity index (χ1v) is 5.97. The third kappa shape index (κ3) is 2.72. The van der Waals surface area contributed by atoms with E-state index in [2.05, 4.69) is 4.98 Å². The fraction of sp³-hybridized carbons (Fsp3) is 0.0833. The summed E-state index contributed by atoms with van der Waals surface area (Å²) in [6.07, 6.45) is 0. The topological polar surface area (TPSA) is 33.1 Å². The maximum atomic E-state index is 9.11. The van der Waals surface area contributed by atoms with Crippen molar-refractivity contribution in [1.29, 1.82) is 0 Å². The van der Waals surface area contributed by atoms with Crippen LogP contribution in [0.5, 0.6) is 0 Å². The molecule has 0 aliphatic carbocycles. The molecule has 0 amide bonds. The lowest BCUT2D eigenvalue weighted by molar-refractivity contribution is 0.277. The monoisotopic (exact) mass is 287 g/mol. The molecule has 0 unspecified atom stereocenters. The Bertz CT molecular complexity index is 557. The van der Waals surface area contributed by atoms with Crippen molar-refractivity contribution in [2.75, 3.05) is 0 Å². The molecule has 2 nitrogen and oxygen atoms in total. The summed E-state index contributed by atoms with van der Waals surface area (Å²) in [6.45, 7) is -0.217. The van der Waals surface area contributed by atoms with Gasteiger partial charge < -0.3 is 5.11 Å². The lowest BCUT2D eigenvalue weighted by Gasteiger charge is -2.07. The van der Waals surface area contributed by atoms with Crippen LogP contribution in [0.25, 0.3) is 11.3 Å². The smallest absolute Gasteiger partial charge is 0.0868 e. The Morgan fingerprint density at radius 3 is 2.41 bits per heavy atom. The van der Waals surface area contributed by atoms with E-state index >= 15 is 0 Å². The molecule has 0 saturated heterocycles. The second kappa shape index (κ2) is 5.23. The molecule has 0 aliphatic heterocycles. The molecule has 0 bridgehead atoms. The summed E-state index contributed by atoms with van der Waals surface area (Å²) < 4.78 is 0. The van der Waals surface area contributed by atoms with Gasteiger partial charge in [0.2, 0.25) is 0 Å². The van der Waals surface area contributed by atoms with Crippen LogP contribution in [0.4, 0.5) is 0 Å². The molecule has 17 heavy (non-hydrogen) atoms. The summed E-state index contributed by atoms with van der Waals surface area (Å²) in [5.41, 5.74) is 1.76. The van der Waals surface area contributed by atoms with Gasteiger partial charge in [0.05, 0.1) is 28.0 Å². The van der Waals surface area contributed by atoms with E-state index < -0.39 is 0 Å². The second-order valence-corrected chi connectivity index (χ2v) is 4.66. The minimum Gasteiger partial charge on any atom is -0.390 e. The molecule has 1 aromatic carbocycles. The third-order valence-electron chi connectivity index (χ3n) is 2.27. The molecule has 5 heteroatoms. The first kappa shape index (κ1) is 12.7. The number of halogens is 3. The van der Waals surface area contributed by atoms with Gasteiger partial charge in [-0.25, -0.2) is 4.98 Å². The van der Waals surface area contributed by atoms with Crippen LogP contribution in [0.1, 0.15) is 5.69 Å². The predicted molar refractivity (Wildman–Crippen MR) is 70.6 cm³/mol.